The van der Waals surface area contributed by atoms with Gasteiger partial charge in [0.05, 0.1) is 5.92 Å². The summed E-state index contributed by atoms with van der Waals surface area (Å²) < 4.78 is 0.974. The molecule has 1 aliphatic rings. The van der Waals surface area contributed by atoms with Gasteiger partial charge in [0.1, 0.15) is 5.82 Å². The number of nitrogens with zero attached hydrogens (tertiary/aromatic N) is 2. The van der Waals surface area contributed by atoms with E-state index in [1.54, 1.807) is 6.20 Å². The third-order valence-corrected chi connectivity index (χ3v) is 3.42. The van der Waals surface area contributed by atoms with Crippen LogP contribution < -0.4 is 4.90 Å². The average Bonchev–Trinajstić information content (AvgIpc) is 2.08. The molecule has 4 nitrogen and oxygen atoms in total. The fourth-order valence-corrected chi connectivity index (χ4v) is 1.74. The number of carboxylic acid groups (broad SMARTS) is 1. The molecule has 1 saturated heterocycles. The molecule has 5 heteroatoms. The van der Waals surface area contributed by atoms with Gasteiger partial charge in [-0.2, -0.15) is 0 Å². The molecule has 0 spiro atoms. The second-order valence-corrected chi connectivity index (χ2v) is 4.59. The van der Waals surface area contributed by atoms with Crippen molar-refractivity contribution in [1.82, 2.24) is 4.98 Å². The van der Waals surface area contributed by atoms with Crippen LogP contribution >= 0.6 is 15.9 Å². The van der Waals surface area contributed by atoms with Crippen LogP contribution in [-0.2, 0) is 4.79 Å². The number of aliphatic carboxylic acids is 1. The molecular weight excluding hydrogens is 260 g/mol. The van der Waals surface area contributed by atoms with Gasteiger partial charge >= 0.3 is 5.97 Å². The lowest BCUT2D eigenvalue weighted by Gasteiger charge is -2.37. The van der Waals surface area contributed by atoms with Gasteiger partial charge in [0, 0.05) is 23.8 Å². The smallest absolute Gasteiger partial charge is 0.310 e. The molecule has 0 aliphatic carbocycles. The maximum absolute atomic E-state index is 10.6. The number of halogens is 1. The minimum atomic E-state index is -0.722. The Labute approximate surface area is 96.1 Å². The number of rotatable bonds is 2. The Morgan fingerprint density at radius 3 is 2.87 bits per heavy atom. The maximum Gasteiger partial charge on any atom is 0.310 e. The molecule has 2 heterocycles. The third-order valence-electron chi connectivity index (χ3n) is 2.59. The summed E-state index contributed by atoms with van der Waals surface area (Å²) in [6.07, 6.45) is 1.75. The summed E-state index contributed by atoms with van der Waals surface area (Å²) in [6.45, 7) is 3.11. The summed E-state index contributed by atoms with van der Waals surface area (Å²) in [6, 6.07) is 1.96. The number of carboxylic acids is 1. The second-order valence-electron chi connectivity index (χ2n) is 3.73. The molecule has 1 aromatic heterocycles. The van der Waals surface area contributed by atoms with Gasteiger partial charge in [-0.25, -0.2) is 4.98 Å². The first-order chi connectivity index (χ1) is 7.08. The lowest BCUT2D eigenvalue weighted by atomic mass is 10.0. The lowest BCUT2D eigenvalue weighted by Crippen LogP contribution is -2.50. The number of aryl methyl sites for hydroxylation is 1. The van der Waals surface area contributed by atoms with Gasteiger partial charge in [-0.05, 0) is 34.5 Å². The van der Waals surface area contributed by atoms with Gasteiger partial charge in [0.15, 0.2) is 0 Å². The van der Waals surface area contributed by atoms with Crippen molar-refractivity contribution in [2.24, 2.45) is 5.92 Å². The highest BCUT2D eigenvalue weighted by atomic mass is 79.9. The highest BCUT2D eigenvalue weighted by molar-refractivity contribution is 9.10. The fourth-order valence-electron chi connectivity index (χ4n) is 1.52. The molecule has 0 amide bonds. The predicted molar refractivity (Wildman–Crippen MR) is 60.0 cm³/mol. The van der Waals surface area contributed by atoms with Gasteiger partial charge < -0.3 is 10.0 Å². The molecule has 1 N–H and O–H groups in total. The quantitative estimate of drug-likeness (QED) is 0.889. The summed E-state index contributed by atoms with van der Waals surface area (Å²) >= 11 is 3.38. The van der Waals surface area contributed by atoms with Crippen molar-refractivity contribution in [3.63, 3.8) is 0 Å². The summed E-state index contributed by atoms with van der Waals surface area (Å²) in [5.41, 5.74) is 1.11. The molecule has 1 fully saturated rings. The fraction of sp³-hybridized carbons (Fsp3) is 0.400. The third kappa shape index (κ3) is 1.97. The Hall–Kier alpha value is -1.10. The van der Waals surface area contributed by atoms with Gasteiger partial charge in [0.2, 0.25) is 0 Å². The van der Waals surface area contributed by atoms with E-state index in [1.165, 1.54) is 0 Å². The second kappa shape index (κ2) is 3.81. The van der Waals surface area contributed by atoms with Crippen LogP contribution in [0, 0.1) is 12.8 Å². The van der Waals surface area contributed by atoms with E-state index in [9.17, 15) is 4.79 Å². The highest BCUT2D eigenvalue weighted by Gasteiger charge is 2.33. The largest absolute Gasteiger partial charge is 0.481 e. The van der Waals surface area contributed by atoms with E-state index in [0.717, 1.165) is 15.9 Å². The van der Waals surface area contributed by atoms with Crippen LogP contribution in [-0.4, -0.2) is 29.1 Å². The SMILES string of the molecule is Cc1cc(N2CC(C(=O)O)C2)ncc1Br. The minimum Gasteiger partial charge on any atom is -0.481 e. The Kier molecular flexibility index (Phi) is 2.65. The van der Waals surface area contributed by atoms with Gasteiger partial charge in [-0.1, -0.05) is 0 Å². The van der Waals surface area contributed by atoms with E-state index in [1.807, 2.05) is 17.9 Å². The van der Waals surface area contributed by atoms with Crippen molar-refractivity contribution in [3.05, 3.63) is 22.3 Å². The molecule has 15 heavy (non-hydrogen) atoms. The molecule has 1 aromatic rings. The normalized spacial score (nSPS) is 16.3. The molecular formula is C10H11BrN2O2. The van der Waals surface area contributed by atoms with E-state index >= 15 is 0 Å². The molecule has 80 valence electrons. The maximum atomic E-state index is 10.6. The van der Waals surface area contributed by atoms with Crippen molar-refractivity contribution in [2.75, 3.05) is 18.0 Å². The highest BCUT2D eigenvalue weighted by Crippen LogP contribution is 2.25. The average molecular weight is 271 g/mol. The summed E-state index contributed by atoms with van der Waals surface area (Å²) in [7, 11) is 0. The zero-order valence-electron chi connectivity index (χ0n) is 8.27. The number of hydrogen-bond acceptors (Lipinski definition) is 3. The monoisotopic (exact) mass is 270 g/mol. The lowest BCUT2D eigenvalue weighted by molar-refractivity contribution is -0.142. The number of hydrogen-bond donors (Lipinski definition) is 1. The molecule has 1 aliphatic heterocycles. The number of carbonyl (C=O) groups is 1. The molecule has 2 rings (SSSR count). The molecule has 0 saturated carbocycles. The van der Waals surface area contributed by atoms with Crippen LogP contribution in [0.4, 0.5) is 5.82 Å². The predicted octanol–water partition coefficient (Wildman–Crippen LogP) is 1.67. The first-order valence-corrected chi connectivity index (χ1v) is 5.47. The van der Waals surface area contributed by atoms with E-state index in [-0.39, 0.29) is 5.92 Å². The van der Waals surface area contributed by atoms with Crippen LogP contribution in [0.2, 0.25) is 0 Å². The Morgan fingerprint density at radius 1 is 1.67 bits per heavy atom. The molecule has 0 atom stereocenters. The Balaban J connectivity index is 2.07. The number of pyridine rings is 1. The molecule has 0 aromatic carbocycles. The van der Waals surface area contributed by atoms with Crippen molar-refractivity contribution < 1.29 is 9.90 Å². The molecule has 0 unspecified atom stereocenters. The van der Waals surface area contributed by atoms with Crippen LogP contribution in [0.25, 0.3) is 0 Å². The Morgan fingerprint density at radius 2 is 2.33 bits per heavy atom. The van der Waals surface area contributed by atoms with Crippen molar-refractivity contribution in [1.29, 1.82) is 0 Å². The van der Waals surface area contributed by atoms with E-state index in [0.29, 0.717) is 13.1 Å². The van der Waals surface area contributed by atoms with Gasteiger partial charge in [0.25, 0.3) is 0 Å². The molecule has 0 bridgehead atoms. The van der Waals surface area contributed by atoms with Crippen LogP contribution in [0.1, 0.15) is 5.56 Å². The topological polar surface area (TPSA) is 53.4 Å². The van der Waals surface area contributed by atoms with Crippen molar-refractivity contribution in [3.8, 4) is 0 Å². The summed E-state index contributed by atoms with van der Waals surface area (Å²) in [5, 5.41) is 8.74. The van der Waals surface area contributed by atoms with E-state index in [4.69, 9.17) is 5.11 Å². The van der Waals surface area contributed by atoms with Crippen molar-refractivity contribution in [2.45, 2.75) is 6.92 Å². The van der Waals surface area contributed by atoms with Crippen molar-refractivity contribution >= 4 is 27.7 Å². The standard InChI is InChI=1S/C10H11BrN2O2/c1-6-2-9(12-3-8(6)11)13-4-7(5-13)10(14)15/h2-3,7H,4-5H2,1H3,(H,14,15). The zero-order chi connectivity index (χ0) is 11.0. The van der Waals surface area contributed by atoms with E-state index in [2.05, 4.69) is 20.9 Å². The van der Waals surface area contributed by atoms with Crippen LogP contribution in [0.15, 0.2) is 16.7 Å². The summed E-state index contributed by atoms with van der Waals surface area (Å²) in [5.74, 6) is -0.107. The van der Waals surface area contributed by atoms with Gasteiger partial charge in [-0.15, -0.1) is 0 Å². The minimum absolute atomic E-state index is 0.240. The number of aromatic nitrogens is 1. The molecule has 0 radical (unpaired) electrons. The first kappa shape index (κ1) is 10.4. The zero-order valence-corrected chi connectivity index (χ0v) is 9.86. The first-order valence-electron chi connectivity index (χ1n) is 4.68. The Bertz CT molecular complexity index is 402. The van der Waals surface area contributed by atoms with Crippen LogP contribution in [0.5, 0.6) is 0 Å². The number of anilines is 1. The van der Waals surface area contributed by atoms with E-state index < -0.39 is 5.97 Å². The van der Waals surface area contributed by atoms with Gasteiger partial charge in [-0.3, -0.25) is 4.79 Å². The summed E-state index contributed by atoms with van der Waals surface area (Å²) in [4.78, 5) is 16.8. The van der Waals surface area contributed by atoms with Crippen LogP contribution in [0.3, 0.4) is 0 Å².